The Morgan fingerprint density at radius 2 is 2.17 bits per heavy atom. The lowest BCUT2D eigenvalue weighted by molar-refractivity contribution is -0.122. The molecule has 2 N–H and O–H groups in total. The molecule has 0 spiro atoms. The summed E-state index contributed by atoms with van der Waals surface area (Å²) in [5.41, 5.74) is 1.09. The minimum atomic E-state index is -0.529. The van der Waals surface area contributed by atoms with Gasteiger partial charge < -0.3 is 19.8 Å². The van der Waals surface area contributed by atoms with Gasteiger partial charge in [0.25, 0.3) is 5.91 Å². The van der Waals surface area contributed by atoms with Gasteiger partial charge in [-0.3, -0.25) is 9.59 Å². The Hall–Kier alpha value is -2.54. The van der Waals surface area contributed by atoms with Crippen LogP contribution in [0, 0.1) is 0 Å². The molecule has 1 atom stereocenters. The predicted octanol–water partition coefficient (Wildman–Crippen LogP) is 3.41. The topological polar surface area (TPSA) is 80.6 Å². The summed E-state index contributed by atoms with van der Waals surface area (Å²) in [6.07, 6.45) is 2.39. The first-order valence-electron chi connectivity index (χ1n) is 6.87. The van der Waals surface area contributed by atoms with Crippen molar-refractivity contribution in [3.8, 4) is 5.75 Å². The van der Waals surface area contributed by atoms with Crippen LogP contribution >= 0.6 is 15.9 Å². The van der Waals surface area contributed by atoms with Crippen LogP contribution in [0.25, 0.3) is 6.08 Å². The molecular formula is C16H13BrN2O4. The zero-order valence-corrected chi connectivity index (χ0v) is 13.7. The van der Waals surface area contributed by atoms with E-state index in [-0.39, 0.29) is 11.8 Å². The fourth-order valence-electron chi connectivity index (χ4n) is 2.05. The molecular weight excluding hydrogens is 364 g/mol. The smallest absolute Gasteiger partial charge is 0.265 e. The number of amides is 2. The van der Waals surface area contributed by atoms with Gasteiger partial charge in [0.15, 0.2) is 10.8 Å². The minimum absolute atomic E-state index is 0.218. The highest BCUT2D eigenvalue weighted by Gasteiger charge is 2.23. The Balaban J connectivity index is 1.68. The van der Waals surface area contributed by atoms with Crippen molar-refractivity contribution >= 4 is 45.2 Å². The first-order valence-corrected chi connectivity index (χ1v) is 7.66. The van der Waals surface area contributed by atoms with Crippen molar-refractivity contribution in [2.75, 3.05) is 10.6 Å². The SMILES string of the molecule is C[C@H]1Oc2ccc(NC(=O)/C=C/c3ccc(Br)o3)cc2NC1=O. The van der Waals surface area contributed by atoms with Crippen molar-refractivity contribution in [3.05, 3.63) is 46.8 Å². The molecule has 7 heteroatoms. The third-order valence-corrected chi connectivity index (χ3v) is 3.60. The first kappa shape index (κ1) is 15.4. The normalized spacial score (nSPS) is 16.6. The summed E-state index contributed by atoms with van der Waals surface area (Å²) < 4.78 is 11.3. The minimum Gasteiger partial charge on any atom is -0.479 e. The van der Waals surface area contributed by atoms with Crippen molar-refractivity contribution in [2.45, 2.75) is 13.0 Å². The van der Waals surface area contributed by atoms with Gasteiger partial charge in [-0.2, -0.15) is 0 Å². The van der Waals surface area contributed by atoms with Gasteiger partial charge in [0.1, 0.15) is 11.5 Å². The molecule has 2 amide bonds. The maximum atomic E-state index is 11.9. The molecule has 3 rings (SSSR count). The number of hydrogen-bond acceptors (Lipinski definition) is 4. The Morgan fingerprint density at radius 1 is 1.35 bits per heavy atom. The van der Waals surface area contributed by atoms with Crippen LogP contribution in [0.15, 0.2) is 45.5 Å². The molecule has 0 unspecified atom stereocenters. The van der Waals surface area contributed by atoms with Crippen LogP contribution in [0.5, 0.6) is 5.75 Å². The van der Waals surface area contributed by atoms with Crippen molar-refractivity contribution in [2.24, 2.45) is 0 Å². The van der Waals surface area contributed by atoms with E-state index in [4.69, 9.17) is 9.15 Å². The largest absolute Gasteiger partial charge is 0.479 e. The summed E-state index contributed by atoms with van der Waals surface area (Å²) in [7, 11) is 0. The van der Waals surface area contributed by atoms with E-state index in [2.05, 4.69) is 26.6 Å². The van der Waals surface area contributed by atoms with Crippen LogP contribution in [0.3, 0.4) is 0 Å². The van der Waals surface area contributed by atoms with Gasteiger partial charge in [-0.25, -0.2) is 0 Å². The molecule has 2 heterocycles. The maximum absolute atomic E-state index is 11.9. The summed E-state index contributed by atoms with van der Waals surface area (Å²) in [5, 5.41) is 5.44. The average molecular weight is 377 g/mol. The number of rotatable bonds is 3. The van der Waals surface area contributed by atoms with Crippen molar-refractivity contribution in [1.29, 1.82) is 0 Å². The van der Waals surface area contributed by atoms with Gasteiger partial charge in [-0.15, -0.1) is 0 Å². The lowest BCUT2D eigenvalue weighted by Crippen LogP contribution is -2.34. The Kier molecular flexibility index (Phi) is 4.20. The number of anilines is 2. The molecule has 6 nitrogen and oxygen atoms in total. The van der Waals surface area contributed by atoms with Crippen LogP contribution in [-0.4, -0.2) is 17.9 Å². The van der Waals surface area contributed by atoms with E-state index in [9.17, 15) is 9.59 Å². The van der Waals surface area contributed by atoms with Gasteiger partial charge in [-0.1, -0.05) is 0 Å². The van der Waals surface area contributed by atoms with Crippen LogP contribution in [0.1, 0.15) is 12.7 Å². The number of fused-ring (bicyclic) bond motifs is 1. The molecule has 118 valence electrons. The Morgan fingerprint density at radius 3 is 2.91 bits per heavy atom. The molecule has 2 aromatic rings. The van der Waals surface area contributed by atoms with Gasteiger partial charge >= 0.3 is 0 Å². The van der Waals surface area contributed by atoms with Gasteiger partial charge in [0.2, 0.25) is 5.91 Å². The summed E-state index contributed by atoms with van der Waals surface area (Å²) in [6, 6.07) is 8.53. The van der Waals surface area contributed by atoms with Crippen LogP contribution in [0.2, 0.25) is 0 Å². The molecule has 0 bridgehead atoms. The third-order valence-electron chi connectivity index (χ3n) is 3.17. The molecule has 0 fully saturated rings. The average Bonchev–Trinajstić information content (AvgIpc) is 2.92. The number of carbonyl (C=O) groups excluding carboxylic acids is 2. The number of furan rings is 1. The van der Waals surface area contributed by atoms with E-state index in [1.165, 1.54) is 6.08 Å². The number of benzene rings is 1. The molecule has 1 aliphatic heterocycles. The second kappa shape index (κ2) is 6.29. The van der Waals surface area contributed by atoms with Crippen LogP contribution in [0.4, 0.5) is 11.4 Å². The molecule has 0 radical (unpaired) electrons. The number of halogens is 1. The van der Waals surface area contributed by atoms with E-state index in [1.54, 1.807) is 43.3 Å². The molecule has 1 aromatic heterocycles. The second-order valence-corrected chi connectivity index (χ2v) is 5.71. The standard InChI is InChI=1S/C16H13BrN2O4/c1-9-16(21)19-12-8-10(2-5-13(12)22-9)18-15(20)7-4-11-3-6-14(17)23-11/h2-9H,1H3,(H,18,20)(H,19,21)/b7-4+/t9-/m1/s1. The zero-order chi connectivity index (χ0) is 16.4. The summed E-state index contributed by atoms with van der Waals surface area (Å²) in [6.45, 7) is 1.67. The molecule has 0 aliphatic carbocycles. The lowest BCUT2D eigenvalue weighted by Gasteiger charge is -2.23. The number of ether oxygens (including phenoxy) is 1. The van der Waals surface area contributed by atoms with E-state index in [0.717, 1.165) is 0 Å². The van der Waals surface area contributed by atoms with E-state index in [0.29, 0.717) is 27.6 Å². The highest BCUT2D eigenvalue weighted by molar-refractivity contribution is 9.10. The molecule has 1 aliphatic rings. The maximum Gasteiger partial charge on any atom is 0.265 e. The Bertz CT molecular complexity index is 797. The molecule has 1 aromatic carbocycles. The summed E-state index contributed by atoms with van der Waals surface area (Å²) in [5.74, 6) is 0.608. The highest BCUT2D eigenvalue weighted by atomic mass is 79.9. The van der Waals surface area contributed by atoms with Gasteiger partial charge in [-0.05, 0) is 59.3 Å². The van der Waals surface area contributed by atoms with Crippen LogP contribution in [-0.2, 0) is 9.59 Å². The fraction of sp³-hybridized carbons (Fsp3) is 0.125. The molecule has 0 saturated heterocycles. The fourth-order valence-corrected chi connectivity index (χ4v) is 2.37. The number of carbonyl (C=O) groups is 2. The lowest BCUT2D eigenvalue weighted by atomic mass is 10.2. The predicted molar refractivity (Wildman–Crippen MR) is 89.2 cm³/mol. The first-order chi connectivity index (χ1) is 11.0. The van der Waals surface area contributed by atoms with Gasteiger partial charge in [0, 0.05) is 11.8 Å². The third kappa shape index (κ3) is 3.62. The van der Waals surface area contributed by atoms with E-state index < -0.39 is 6.10 Å². The summed E-state index contributed by atoms with van der Waals surface area (Å²) >= 11 is 3.19. The van der Waals surface area contributed by atoms with E-state index >= 15 is 0 Å². The van der Waals surface area contributed by atoms with Crippen molar-refractivity contribution in [3.63, 3.8) is 0 Å². The zero-order valence-electron chi connectivity index (χ0n) is 12.1. The van der Waals surface area contributed by atoms with Crippen molar-refractivity contribution < 1.29 is 18.7 Å². The van der Waals surface area contributed by atoms with Gasteiger partial charge in [0.05, 0.1) is 5.69 Å². The van der Waals surface area contributed by atoms with Crippen LogP contribution < -0.4 is 15.4 Å². The molecule has 23 heavy (non-hydrogen) atoms. The summed E-state index contributed by atoms with van der Waals surface area (Å²) in [4.78, 5) is 23.5. The highest BCUT2D eigenvalue weighted by Crippen LogP contribution is 2.32. The van der Waals surface area contributed by atoms with Crippen molar-refractivity contribution in [1.82, 2.24) is 0 Å². The van der Waals surface area contributed by atoms with E-state index in [1.807, 2.05) is 0 Å². The Labute approximate surface area is 140 Å². The molecule has 0 saturated carbocycles. The second-order valence-electron chi connectivity index (χ2n) is 4.92. The number of hydrogen-bond donors (Lipinski definition) is 2. The number of nitrogens with one attached hydrogen (secondary N) is 2. The quantitative estimate of drug-likeness (QED) is 0.804. The monoisotopic (exact) mass is 376 g/mol.